The number of carbonyl (C=O) groups excluding carboxylic acids is 1. The lowest BCUT2D eigenvalue weighted by molar-refractivity contribution is -0.111. The standard InChI is InChI=1S/C41H54N2O/c1-22-9-16-35-39(38-30-14-12-23-6-4-7-28(23)33(30)20-31(22)38)41(35,37(42)21-44)27-13-15-29-26(17-27)19-34-32(29)18-25-11-10-24-5-2-3-8-36(24)43-40(25)34/h2-3,5,8,13,15,21,23,25-35,37-40,43H,1,4,6-7,9-12,14,16-20,42H2. The lowest BCUT2D eigenvalue weighted by atomic mass is 9.64. The van der Waals surface area contributed by atoms with Crippen LogP contribution in [0.5, 0.6) is 0 Å². The number of hydrogen-bond donors (Lipinski definition) is 2. The topological polar surface area (TPSA) is 55.1 Å². The van der Waals surface area contributed by atoms with E-state index in [4.69, 9.17) is 12.3 Å². The zero-order valence-electron chi connectivity index (χ0n) is 26.7. The van der Waals surface area contributed by atoms with E-state index in [9.17, 15) is 4.79 Å². The van der Waals surface area contributed by atoms with Crippen molar-refractivity contribution in [1.29, 1.82) is 0 Å². The third-order valence-corrected chi connectivity index (χ3v) is 16.8. The van der Waals surface area contributed by atoms with Gasteiger partial charge < -0.3 is 15.8 Å². The van der Waals surface area contributed by atoms with E-state index in [2.05, 4.69) is 41.7 Å². The van der Waals surface area contributed by atoms with Crippen LogP contribution in [0.25, 0.3) is 0 Å². The van der Waals surface area contributed by atoms with E-state index in [1.165, 1.54) is 101 Å². The Balaban J connectivity index is 0.946. The summed E-state index contributed by atoms with van der Waals surface area (Å²) in [6.07, 6.45) is 24.2. The number of nitrogens with one attached hydrogen (secondary N) is 1. The molecule has 9 aliphatic rings. The summed E-state index contributed by atoms with van der Waals surface area (Å²) in [5.41, 5.74) is 11.5. The Labute approximate surface area is 265 Å². The summed E-state index contributed by atoms with van der Waals surface area (Å²) in [6.45, 7) is 4.75. The van der Waals surface area contributed by atoms with Gasteiger partial charge in [-0.15, -0.1) is 0 Å². The quantitative estimate of drug-likeness (QED) is 0.277. The highest BCUT2D eigenvalue weighted by Crippen LogP contribution is 2.78. The zero-order chi connectivity index (χ0) is 29.3. The first-order valence-corrected chi connectivity index (χ1v) is 19.0. The maximum absolute atomic E-state index is 12.8. The fourth-order valence-electron chi connectivity index (χ4n) is 15.3. The van der Waals surface area contributed by atoms with Crippen LogP contribution in [0.2, 0.25) is 0 Å². The Morgan fingerprint density at radius 2 is 1.73 bits per heavy atom. The summed E-state index contributed by atoms with van der Waals surface area (Å²) < 4.78 is 0. The van der Waals surface area contributed by atoms with E-state index in [0.29, 0.717) is 29.7 Å². The minimum Gasteiger partial charge on any atom is -0.382 e. The molecule has 0 amide bonds. The Morgan fingerprint density at radius 1 is 0.841 bits per heavy atom. The zero-order valence-corrected chi connectivity index (χ0v) is 26.7. The number of fused-ring (bicyclic) bond motifs is 13. The second-order valence-electron chi connectivity index (χ2n) is 17.7. The van der Waals surface area contributed by atoms with Gasteiger partial charge in [-0.1, -0.05) is 55.3 Å². The van der Waals surface area contributed by atoms with Crippen LogP contribution in [0.4, 0.5) is 5.69 Å². The minimum atomic E-state index is -0.317. The molecule has 0 saturated heterocycles. The molecule has 0 spiro atoms. The smallest absolute Gasteiger partial charge is 0.137 e. The van der Waals surface area contributed by atoms with Gasteiger partial charge in [-0.3, -0.25) is 0 Å². The molecular weight excluding hydrogens is 536 g/mol. The molecule has 17 atom stereocenters. The van der Waals surface area contributed by atoms with Gasteiger partial charge in [0, 0.05) is 17.1 Å². The molecule has 17 unspecified atom stereocenters. The maximum Gasteiger partial charge on any atom is 0.137 e. The molecule has 1 heterocycles. The molecule has 1 aromatic rings. The van der Waals surface area contributed by atoms with Crippen molar-refractivity contribution in [3.8, 4) is 0 Å². The number of carbonyl (C=O) groups is 1. The van der Waals surface area contributed by atoms with Crippen molar-refractivity contribution in [3.63, 3.8) is 0 Å². The van der Waals surface area contributed by atoms with Crippen LogP contribution >= 0.6 is 0 Å². The van der Waals surface area contributed by atoms with Gasteiger partial charge >= 0.3 is 0 Å². The van der Waals surface area contributed by atoms with Crippen molar-refractivity contribution in [1.82, 2.24) is 0 Å². The van der Waals surface area contributed by atoms with Crippen molar-refractivity contribution >= 4 is 12.0 Å². The molecular formula is C41H54N2O. The van der Waals surface area contributed by atoms with E-state index in [1.807, 2.05) is 0 Å². The van der Waals surface area contributed by atoms with Crippen LogP contribution in [0.15, 0.2) is 48.6 Å². The molecule has 1 aliphatic heterocycles. The summed E-state index contributed by atoms with van der Waals surface area (Å²) in [7, 11) is 0. The molecule has 1 aromatic carbocycles. The summed E-state index contributed by atoms with van der Waals surface area (Å²) in [5, 5.41) is 4.10. The average molecular weight is 591 g/mol. The van der Waals surface area contributed by atoms with Crippen LogP contribution in [0, 0.1) is 88.3 Å². The Bertz CT molecular complexity index is 1380. The fraction of sp³-hybridized carbons (Fsp3) is 0.732. The third kappa shape index (κ3) is 3.57. The molecule has 44 heavy (non-hydrogen) atoms. The second-order valence-corrected chi connectivity index (χ2v) is 17.7. The highest BCUT2D eigenvalue weighted by Gasteiger charge is 2.75. The van der Waals surface area contributed by atoms with E-state index in [1.54, 1.807) is 5.57 Å². The van der Waals surface area contributed by atoms with Crippen LogP contribution in [-0.2, 0) is 11.2 Å². The summed E-state index contributed by atoms with van der Waals surface area (Å²) >= 11 is 0. The predicted molar refractivity (Wildman–Crippen MR) is 177 cm³/mol. The molecule has 7 fully saturated rings. The van der Waals surface area contributed by atoms with Crippen LogP contribution in [0.1, 0.15) is 82.6 Å². The molecule has 0 radical (unpaired) electrons. The van der Waals surface area contributed by atoms with Gasteiger partial charge in [0.25, 0.3) is 0 Å². The molecule has 3 N–H and O–H groups in total. The first-order chi connectivity index (χ1) is 21.6. The lowest BCUT2D eigenvalue weighted by Gasteiger charge is -2.41. The first kappa shape index (κ1) is 27.3. The molecule has 7 saturated carbocycles. The molecule has 234 valence electrons. The van der Waals surface area contributed by atoms with E-state index in [0.717, 1.165) is 59.2 Å². The number of benzene rings is 1. The number of aldehydes is 1. The third-order valence-electron chi connectivity index (χ3n) is 16.8. The normalized spacial score (nSPS) is 53.3. The van der Waals surface area contributed by atoms with Crippen molar-refractivity contribution in [2.24, 2.45) is 94.0 Å². The van der Waals surface area contributed by atoms with E-state index in [-0.39, 0.29) is 11.5 Å². The number of aryl methyl sites for hydroxylation is 1. The van der Waals surface area contributed by atoms with E-state index >= 15 is 0 Å². The molecule has 8 aliphatic carbocycles. The molecule has 0 aromatic heterocycles. The number of rotatable bonds is 3. The SMILES string of the molecule is C=C1CCC2C(C3C1CC1C4CCCC4CCC13)C2(C(N)C=O)C1C=CC2C(CC3C2CC2CCc4ccccc4NC23)C1. The molecule has 10 rings (SSSR count). The fourth-order valence-corrected chi connectivity index (χ4v) is 15.3. The van der Waals surface area contributed by atoms with E-state index < -0.39 is 0 Å². The maximum atomic E-state index is 12.8. The minimum absolute atomic E-state index is 0.00596. The summed E-state index contributed by atoms with van der Waals surface area (Å²) in [6, 6.07) is 9.39. The van der Waals surface area contributed by atoms with Crippen molar-refractivity contribution in [2.45, 2.75) is 95.6 Å². The van der Waals surface area contributed by atoms with Crippen LogP contribution < -0.4 is 11.1 Å². The highest BCUT2D eigenvalue weighted by molar-refractivity contribution is 5.62. The number of para-hydroxylation sites is 1. The van der Waals surface area contributed by atoms with Gasteiger partial charge in [0.2, 0.25) is 0 Å². The van der Waals surface area contributed by atoms with Crippen LogP contribution in [-0.4, -0.2) is 18.4 Å². The predicted octanol–water partition coefficient (Wildman–Crippen LogP) is 8.07. The molecule has 3 nitrogen and oxygen atoms in total. The highest BCUT2D eigenvalue weighted by atomic mass is 16.1. The summed E-state index contributed by atoms with van der Waals surface area (Å²) in [5.74, 6) is 10.8. The number of allylic oxidation sites excluding steroid dienone is 3. The Kier molecular flexibility index (Phi) is 6.08. The van der Waals surface area contributed by atoms with Gasteiger partial charge in [-0.2, -0.15) is 0 Å². The average Bonchev–Trinajstić information content (AvgIpc) is 3.42. The molecule has 3 heteroatoms. The van der Waals surface area contributed by atoms with Gasteiger partial charge in [0.1, 0.15) is 6.29 Å². The van der Waals surface area contributed by atoms with Gasteiger partial charge in [-0.25, -0.2) is 0 Å². The van der Waals surface area contributed by atoms with Gasteiger partial charge in [0.15, 0.2) is 0 Å². The lowest BCUT2D eigenvalue weighted by Crippen LogP contribution is -2.44. The van der Waals surface area contributed by atoms with Gasteiger partial charge in [0.05, 0.1) is 6.04 Å². The monoisotopic (exact) mass is 590 g/mol. The number of nitrogens with two attached hydrogens (primary N) is 1. The number of hydrogen-bond acceptors (Lipinski definition) is 3. The van der Waals surface area contributed by atoms with Crippen LogP contribution in [0.3, 0.4) is 0 Å². The van der Waals surface area contributed by atoms with Gasteiger partial charge in [-0.05, 0) is 165 Å². The van der Waals surface area contributed by atoms with Crippen molar-refractivity contribution in [2.75, 3.05) is 5.32 Å². The Hall–Kier alpha value is -1.87. The summed E-state index contributed by atoms with van der Waals surface area (Å²) in [4.78, 5) is 12.8. The van der Waals surface area contributed by atoms with Crippen molar-refractivity contribution in [3.05, 3.63) is 54.1 Å². The first-order valence-electron chi connectivity index (χ1n) is 19.0. The van der Waals surface area contributed by atoms with Crippen molar-refractivity contribution < 1.29 is 4.79 Å². The number of anilines is 1. The molecule has 0 bridgehead atoms. The Morgan fingerprint density at radius 3 is 2.64 bits per heavy atom. The second kappa shape index (κ2) is 9.82. The largest absolute Gasteiger partial charge is 0.382 e.